The summed E-state index contributed by atoms with van der Waals surface area (Å²) in [5, 5.41) is 9.84. The molecule has 0 saturated carbocycles. The first-order valence-electron chi connectivity index (χ1n) is 5.84. The van der Waals surface area contributed by atoms with Gasteiger partial charge in [0.2, 0.25) is 0 Å². The van der Waals surface area contributed by atoms with E-state index in [0.717, 1.165) is 11.3 Å². The SMILES string of the molecule is CCc1ccc(S(=O)(=O)Nc2cccc(C)c2O)s1. The van der Waals surface area contributed by atoms with Gasteiger partial charge in [-0.3, -0.25) is 4.72 Å². The maximum atomic E-state index is 12.2. The molecule has 0 aliphatic carbocycles. The summed E-state index contributed by atoms with van der Waals surface area (Å²) in [4.78, 5) is 1.01. The van der Waals surface area contributed by atoms with Crippen molar-refractivity contribution in [2.24, 2.45) is 0 Å². The normalized spacial score (nSPS) is 11.5. The molecule has 0 aliphatic heterocycles. The van der Waals surface area contributed by atoms with Crippen LogP contribution in [0.4, 0.5) is 5.69 Å². The summed E-state index contributed by atoms with van der Waals surface area (Å²) in [6.45, 7) is 3.69. The first-order chi connectivity index (χ1) is 8.94. The van der Waals surface area contributed by atoms with Crippen LogP contribution in [-0.4, -0.2) is 13.5 Å². The summed E-state index contributed by atoms with van der Waals surface area (Å²) in [6.07, 6.45) is 0.801. The first-order valence-corrected chi connectivity index (χ1v) is 8.14. The van der Waals surface area contributed by atoms with Crippen LogP contribution in [0.5, 0.6) is 5.75 Å². The summed E-state index contributed by atoms with van der Waals surface area (Å²) < 4.78 is 27.0. The van der Waals surface area contributed by atoms with Gasteiger partial charge in [0.25, 0.3) is 10.0 Å². The average Bonchev–Trinajstić information content (AvgIpc) is 2.84. The minimum Gasteiger partial charge on any atom is -0.505 e. The Balaban J connectivity index is 2.33. The van der Waals surface area contributed by atoms with Gasteiger partial charge in [-0.15, -0.1) is 11.3 Å². The van der Waals surface area contributed by atoms with Crippen molar-refractivity contribution >= 4 is 27.0 Å². The smallest absolute Gasteiger partial charge is 0.271 e. The fraction of sp³-hybridized carbons (Fsp3) is 0.231. The van der Waals surface area contributed by atoms with Crippen molar-refractivity contribution in [1.82, 2.24) is 0 Å². The van der Waals surface area contributed by atoms with Crippen LogP contribution < -0.4 is 4.72 Å². The van der Waals surface area contributed by atoms with E-state index in [2.05, 4.69) is 4.72 Å². The Morgan fingerprint density at radius 1 is 1.26 bits per heavy atom. The second-order valence-corrected chi connectivity index (χ2v) is 7.23. The third-order valence-electron chi connectivity index (χ3n) is 2.73. The minimum atomic E-state index is -3.63. The highest BCUT2D eigenvalue weighted by molar-refractivity contribution is 7.94. The molecule has 0 radical (unpaired) electrons. The summed E-state index contributed by atoms with van der Waals surface area (Å²) in [6, 6.07) is 8.33. The lowest BCUT2D eigenvalue weighted by atomic mass is 10.2. The summed E-state index contributed by atoms with van der Waals surface area (Å²) in [5.74, 6) is -0.0432. The number of sulfonamides is 1. The number of para-hydroxylation sites is 1. The van der Waals surface area contributed by atoms with Crippen LogP contribution in [0.2, 0.25) is 0 Å². The molecule has 4 nitrogen and oxygen atoms in total. The number of phenols is 1. The highest BCUT2D eigenvalue weighted by Crippen LogP contribution is 2.30. The number of aryl methyl sites for hydroxylation is 2. The highest BCUT2D eigenvalue weighted by atomic mass is 32.2. The number of hydrogen-bond acceptors (Lipinski definition) is 4. The van der Waals surface area contributed by atoms with Crippen LogP contribution in [0.15, 0.2) is 34.5 Å². The predicted octanol–water partition coefficient (Wildman–Crippen LogP) is 3.13. The van der Waals surface area contributed by atoms with Crippen molar-refractivity contribution in [1.29, 1.82) is 0 Å². The number of nitrogens with one attached hydrogen (secondary N) is 1. The van der Waals surface area contributed by atoms with Crippen LogP contribution in [0.3, 0.4) is 0 Å². The molecule has 2 aromatic rings. The molecule has 1 aromatic heterocycles. The molecule has 1 heterocycles. The van der Waals surface area contributed by atoms with Gasteiger partial charge in [0, 0.05) is 4.88 Å². The quantitative estimate of drug-likeness (QED) is 0.852. The fourth-order valence-electron chi connectivity index (χ4n) is 1.63. The van der Waals surface area contributed by atoms with Crippen LogP contribution in [-0.2, 0) is 16.4 Å². The number of aromatic hydroxyl groups is 1. The zero-order valence-corrected chi connectivity index (χ0v) is 12.3. The Labute approximate surface area is 116 Å². The van der Waals surface area contributed by atoms with E-state index in [0.29, 0.717) is 5.56 Å². The Morgan fingerprint density at radius 2 is 2.00 bits per heavy atom. The molecule has 102 valence electrons. The molecular weight excluding hydrogens is 282 g/mol. The van der Waals surface area contributed by atoms with Gasteiger partial charge in [0.15, 0.2) is 0 Å². The standard InChI is InChI=1S/C13H15NO3S2/c1-3-10-7-8-12(18-10)19(16,17)14-11-6-4-5-9(2)13(11)15/h4-8,14-15H,3H2,1-2H3. The van der Waals surface area contributed by atoms with E-state index in [1.165, 1.54) is 17.4 Å². The molecular formula is C13H15NO3S2. The molecule has 2 rings (SSSR count). The molecule has 6 heteroatoms. The third-order valence-corrected chi connectivity index (χ3v) is 5.82. The number of hydrogen-bond donors (Lipinski definition) is 2. The molecule has 1 aromatic carbocycles. The Hall–Kier alpha value is -1.53. The van der Waals surface area contributed by atoms with E-state index in [9.17, 15) is 13.5 Å². The number of phenolic OH excluding ortho intramolecular Hbond substituents is 1. The van der Waals surface area contributed by atoms with Gasteiger partial charge in [-0.25, -0.2) is 8.42 Å². The molecule has 19 heavy (non-hydrogen) atoms. The molecule has 0 aliphatic rings. The molecule has 2 N–H and O–H groups in total. The largest absolute Gasteiger partial charge is 0.505 e. The Morgan fingerprint density at radius 3 is 2.63 bits per heavy atom. The van der Waals surface area contributed by atoms with Crippen molar-refractivity contribution in [3.05, 3.63) is 40.8 Å². The molecule has 0 atom stereocenters. The maximum Gasteiger partial charge on any atom is 0.271 e. The lowest BCUT2D eigenvalue weighted by Gasteiger charge is -2.09. The molecule has 0 amide bonds. The second-order valence-electron chi connectivity index (χ2n) is 4.15. The summed E-state index contributed by atoms with van der Waals surface area (Å²) >= 11 is 1.24. The third kappa shape index (κ3) is 2.90. The van der Waals surface area contributed by atoms with Crippen molar-refractivity contribution in [2.75, 3.05) is 4.72 Å². The van der Waals surface area contributed by atoms with Crippen molar-refractivity contribution in [2.45, 2.75) is 24.5 Å². The number of anilines is 1. The predicted molar refractivity (Wildman–Crippen MR) is 77.3 cm³/mol. The topological polar surface area (TPSA) is 66.4 Å². The van der Waals surface area contributed by atoms with Gasteiger partial charge in [0.1, 0.15) is 9.96 Å². The first kappa shape index (κ1) is 13.9. The second kappa shape index (κ2) is 5.22. The van der Waals surface area contributed by atoms with Gasteiger partial charge in [-0.05, 0) is 37.1 Å². The van der Waals surface area contributed by atoms with Crippen molar-refractivity contribution in [3.8, 4) is 5.75 Å². The van der Waals surface area contributed by atoms with Gasteiger partial charge < -0.3 is 5.11 Å². The average molecular weight is 297 g/mol. The van der Waals surface area contributed by atoms with E-state index in [1.54, 1.807) is 31.2 Å². The van der Waals surface area contributed by atoms with E-state index in [4.69, 9.17) is 0 Å². The maximum absolute atomic E-state index is 12.2. The number of thiophene rings is 1. The van der Waals surface area contributed by atoms with Gasteiger partial charge in [0.05, 0.1) is 5.69 Å². The van der Waals surface area contributed by atoms with E-state index in [-0.39, 0.29) is 15.6 Å². The number of benzene rings is 1. The zero-order valence-electron chi connectivity index (χ0n) is 10.7. The monoisotopic (exact) mass is 297 g/mol. The van der Waals surface area contributed by atoms with Crippen LogP contribution in [0.25, 0.3) is 0 Å². The minimum absolute atomic E-state index is 0.0432. The van der Waals surface area contributed by atoms with Gasteiger partial charge in [-0.2, -0.15) is 0 Å². The Bertz CT molecular complexity index is 690. The molecule has 0 spiro atoms. The van der Waals surface area contributed by atoms with Crippen LogP contribution in [0.1, 0.15) is 17.4 Å². The molecule has 0 fully saturated rings. The van der Waals surface area contributed by atoms with E-state index >= 15 is 0 Å². The van der Waals surface area contributed by atoms with E-state index in [1.807, 2.05) is 6.92 Å². The Kier molecular flexibility index (Phi) is 3.82. The van der Waals surface area contributed by atoms with Gasteiger partial charge >= 0.3 is 0 Å². The molecule has 0 bridgehead atoms. The summed E-state index contributed by atoms with van der Waals surface area (Å²) in [7, 11) is -3.63. The van der Waals surface area contributed by atoms with Gasteiger partial charge in [-0.1, -0.05) is 19.1 Å². The highest BCUT2D eigenvalue weighted by Gasteiger charge is 2.18. The number of rotatable bonds is 4. The van der Waals surface area contributed by atoms with Crippen LogP contribution >= 0.6 is 11.3 Å². The van der Waals surface area contributed by atoms with E-state index < -0.39 is 10.0 Å². The zero-order chi connectivity index (χ0) is 14.0. The van der Waals surface area contributed by atoms with Crippen LogP contribution in [0, 0.1) is 6.92 Å². The fourth-order valence-corrected chi connectivity index (χ4v) is 3.99. The van der Waals surface area contributed by atoms with Crippen molar-refractivity contribution in [3.63, 3.8) is 0 Å². The molecule has 0 saturated heterocycles. The molecule has 0 unspecified atom stereocenters. The van der Waals surface area contributed by atoms with Crippen molar-refractivity contribution < 1.29 is 13.5 Å². The lowest BCUT2D eigenvalue weighted by Crippen LogP contribution is -2.11. The summed E-state index contributed by atoms with van der Waals surface area (Å²) in [5.41, 5.74) is 0.826. The lowest BCUT2D eigenvalue weighted by molar-refractivity contribution is 0.473.